The number of anilines is 1. The molecule has 0 radical (unpaired) electrons. The van der Waals surface area contributed by atoms with Gasteiger partial charge in [0.15, 0.2) is 0 Å². The topological polar surface area (TPSA) is 46.2 Å². The number of rotatable bonds is 4. The first-order valence-corrected chi connectivity index (χ1v) is 9.58. The van der Waals surface area contributed by atoms with Crippen molar-refractivity contribution >= 4 is 58.9 Å². The number of halogens is 2. The van der Waals surface area contributed by atoms with Crippen LogP contribution in [0.3, 0.4) is 0 Å². The number of nitrogens with one attached hydrogen (secondary N) is 1. The van der Waals surface area contributed by atoms with E-state index in [1.807, 2.05) is 19.1 Å². The van der Waals surface area contributed by atoms with E-state index in [9.17, 15) is 8.42 Å². The van der Waals surface area contributed by atoms with Crippen molar-refractivity contribution in [2.75, 3.05) is 4.72 Å². The zero-order valence-corrected chi connectivity index (χ0v) is 14.8. The number of hydrogen-bond donors (Lipinski definition) is 1. The maximum atomic E-state index is 12.3. The molecule has 0 unspecified atom stereocenters. The van der Waals surface area contributed by atoms with Crippen LogP contribution in [0.25, 0.3) is 0 Å². The molecule has 7 heteroatoms. The van der Waals surface area contributed by atoms with Crippen LogP contribution in [-0.2, 0) is 15.4 Å². The first-order chi connectivity index (χ1) is 8.94. The first kappa shape index (κ1) is 15.0. The molecule has 1 aromatic heterocycles. The van der Waals surface area contributed by atoms with Crippen molar-refractivity contribution in [1.82, 2.24) is 0 Å². The quantitative estimate of drug-likeness (QED) is 0.733. The Balaban J connectivity index is 2.36. The molecule has 1 aromatic carbocycles. The summed E-state index contributed by atoms with van der Waals surface area (Å²) in [7, 11) is -3.53. The molecular weight excluding hydrogens is 414 g/mol. The van der Waals surface area contributed by atoms with Crippen LogP contribution < -0.4 is 4.72 Å². The van der Waals surface area contributed by atoms with Crippen molar-refractivity contribution in [2.45, 2.75) is 16.5 Å². The lowest BCUT2D eigenvalue weighted by molar-refractivity contribution is 0.603. The van der Waals surface area contributed by atoms with Crippen LogP contribution in [-0.4, -0.2) is 8.42 Å². The van der Waals surface area contributed by atoms with Crippen molar-refractivity contribution in [3.63, 3.8) is 0 Å². The summed E-state index contributed by atoms with van der Waals surface area (Å²) in [6, 6.07) is 8.97. The molecule has 2 aromatic rings. The van der Waals surface area contributed by atoms with Gasteiger partial charge in [0.1, 0.15) is 4.21 Å². The summed E-state index contributed by atoms with van der Waals surface area (Å²) < 4.78 is 28.4. The van der Waals surface area contributed by atoms with Crippen molar-refractivity contribution in [3.05, 3.63) is 45.2 Å². The summed E-state index contributed by atoms with van der Waals surface area (Å²) in [6.07, 6.45) is 0. The van der Waals surface area contributed by atoms with Crippen molar-refractivity contribution in [3.8, 4) is 0 Å². The molecule has 19 heavy (non-hydrogen) atoms. The zero-order chi connectivity index (χ0) is 14.0. The molecule has 1 N–H and O–H groups in total. The molecule has 0 aliphatic rings. The van der Waals surface area contributed by atoms with Crippen molar-refractivity contribution < 1.29 is 8.42 Å². The molecule has 0 fully saturated rings. The predicted octanol–water partition coefficient (Wildman–Crippen LogP) is 4.51. The monoisotopic (exact) mass is 423 g/mol. The Labute approximate surface area is 133 Å². The average Bonchev–Trinajstić information content (AvgIpc) is 2.71. The summed E-state index contributed by atoms with van der Waals surface area (Å²) in [5.74, 6) is 0. The van der Waals surface area contributed by atoms with Gasteiger partial charge >= 0.3 is 0 Å². The molecule has 0 amide bonds. The van der Waals surface area contributed by atoms with Gasteiger partial charge in [-0.2, -0.15) is 0 Å². The summed E-state index contributed by atoms with van der Waals surface area (Å²) in [4.78, 5) is 0. The molecular formula is C12H11Br2NO2S2. The molecule has 102 valence electrons. The number of alkyl halides is 1. The maximum Gasteiger partial charge on any atom is 0.271 e. The smallest absolute Gasteiger partial charge is 0.271 e. The van der Waals surface area contributed by atoms with E-state index in [1.54, 1.807) is 18.2 Å². The average molecular weight is 425 g/mol. The van der Waals surface area contributed by atoms with E-state index in [0.29, 0.717) is 15.2 Å². The largest absolute Gasteiger partial charge is 0.279 e. The molecule has 3 nitrogen and oxygen atoms in total. The van der Waals surface area contributed by atoms with Crippen LogP contribution >= 0.6 is 43.2 Å². The molecule has 0 saturated carbocycles. The SMILES string of the molecule is Cc1cc(S(=O)(=O)Nc2ccccc2CBr)sc1Br. The van der Waals surface area contributed by atoms with E-state index in [1.165, 1.54) is 11.3 Å². The Kier molecular flexibility index (Phi) is 4.70. The summed E-state index contributed by atoms with van der Waals surface area (Å²) in [5, 5.41) is 0.596. The van der Waals surface area contributed by atoms with Crippen LogP contribution in [0.15, 0.2) is 38.3 Å². The lowest BCUT2D eigenvalue weighted by Gasteiger charge is -2.09. The minimum absolute atomic E-state index is 0.307. The van der Waals surface area contributed by atoms with E-state index in [0.717, 1.165) is 14.9 Å². The van der Waals surface area contributed by atoms with Crippen LogP contribution in [0.2, 0.25) is 0 Å². The number of hydrogen-bond acceptors (Lipinski definition) is 3. The number of benzene rings is 1. The van der Waals surface area contributed by atoms with E-state index in [-0.39, 0.29) is 0 Å². The Morgan fingerprint density at radius 2 is 2.00 bits per heavy atom. The first-order valence-electron chi connectivity index (χ1n) is 5.36. The number of sulfonamides is 1. The van der Waals surface area contributed by atoms with Gasteiger partial charge in [-0.15, -0.1) is 11.3 Å². The second kappa shape index (κ2) is 5.95. The fourth-order valence-corrected chi connectivity index (χ4v) is 5.31. The summed E-state index contributed by atoms with van der Waals surface area (Å²) >= 11 is 7.90. The van der Waals surface area contributed by atoms with Crippen molar-refractivity contribution in [1.29, 1.82) is 0 Å². The van der Waals surface area contributed by atoms with Crippen LogP contribution in [0.1, 0.15) is 11.1 Å². The molecule has 0 bridgehead atoms. The molecule has 0 spiro atoms. The summed E-state index contributed by atoms with van der Waals surface area (Å²) in [6.45, 7) is 1.87. The van der Waals surface area contributed by atoms with Gasteiger partial charge in [-0.3, -0.25) is 4.72 Å². The van der Waals surface area contributed by atoms with Crippen LogP contribution in [0.4, 0.5) is 5.69 Å². The lowest BCUT2D eigenvalue weighted by Crippen LogP contribution is -2.12. The maximum absolute atomic E-state index is 12.3. The van der Waals surface area contributed by atoms with E-state index < -0.39 is 10.0 Å². The third-order valence-electron chi connectivity index (χ3n) is 2.51. The fourth-order valence-electron chi connectivity index (χ4n) is 1.50. The van der Waals surface area contributed by atoms with Gasteiger partial charge < -0.3 is 0 Å². The van der Waals surface area contributed by atoms with Crippen molar-refractivity contribution in [2.24, 2.45) is 0 Å². The molecule has 1 heterocycles. The van der Waals surface area contributed by atoms with E-state index >= 15 is 0 Å². The van der Waals surface area contributed by atoms with E-state index in [4.69, 9.17) is 0 Å². The highest BCUT2D eigenvalue weighted by molar-refractivity contribution is 9.11. The van der Waals surface area contributed by atoms with Gasteiger partial charge in [0.05, 0.1) is 9.47 Å². The fraction of sp³-hybridized carbons (Fsp3) is 0.167. The summed E-state index contributed by atoms with van der Waals surface area (Å²) in [5.41, 5.74) is 2.42. The number of thiophene rings is 1. The normalized spacial score (nSPS) is 11.5. The van der Waals surface area contributed by atoms with Crippen LogP contribution in [0, 0.1) is 6.92 Å². The van der Waals surface area contributed by atoms with Gasteiger partial charge in [-0.05, 0) is 46.1 Å². The highest BCUT2D eigenvalue weighted by Crippen LogP contribution is 2.32. The van der Waals surface area contributed by atoms with Gasteiger partial charge in [0.25, 0.3) is 10.0 Å². The zero-order valence-electron chi connectivity index (χ0n) is 9.98. The van der Waals surface area contributed by atoms with Gasteiger partial charge in [-0.25, -0.2) is 8.42 Å². The van der Waals surface area contributed by atoms with Crippen LogP contribution in [0.5, 0.6) is 0 Å². The number of aryl methyl sites for hydroxylation is 1. The Morgan fingerprint density at radius 3 is 2.58 bits per heavy atom. The second-order valence-corrected chi connectivity index (χ2v) is 8.76. The molecule has 0 saturated heterocycles. The van der Waals surface area contributed by atoms with Gasteiger partial charge in [0, 0.05) is 5.33 Å². The Hall–Kier alpha value is -0.370. The third kappa shape index (κ3) is 3.39. The van der Waals surface area contributed by atoms with Gasteiger partial charge in [0.2, 0.25) is 0 Å². The Bertz CT molecular complexity index is 676. The van der Waals surface area contributed by atoms with E-state index in [2.05, 4.69) is 36.6 Å². The predicted molar refractivity (Wildman–Crippen MR) is 86.6 cm³/mol. The highest BCUT2D eigenvalue weighted by atomic mass is 79.9. The lowest BCUT2D eigenvalue weighted by atomic mass is 10.2. The molecule has 0 aliphatic heterocycles. The molecule has 0 atom stereocenters. The standard InChI is InChI=1S/C12H11Br2NO2S2/c1-8-6-11(18-12(8)14)19(16,17)15-10-5-3-2-4-9(10)7-13/h2-6,15H,7H2,1H3. The molecule has 2 rings (SSSR count). The third-order valence-corrected chi connectivity index (χ3v) is 7.08. The second-order valence-electron chi connectivity index (χ2n) is 3.92. The number of para-hydroxylation sites is 1. The van der Waals surface area contributed by atoms with Gasteiger partial charge in [-0.1, -0.05) is 34.1 Å². The highest BCUT2D eigenvalue weighted by Gasteiger charge is 2.19. The Morgan fingerprint density at radius 1 is 1.32 bits per heavy atom. The molecule has 0 aliphatic carbocycles. The minimum Gasteiger partial charge on any atom is -0.279 e. The minimum atomic E-state index is -3.53.